The van der Waals surface area contributed by atoms with Crippen LogP contribution in [0.4, 0.5) is 39.5 Å². The third-order valence-electron chi connectivity index (χ3n) is 6.56. The molecule has 0 amide bonds. The maximum absolute atomic E-state index is 14.7. The third-order valence-corrected chi connectivity index (χ3v) is 6.78. The van der Waals surface area contributed by atoms with Gasteiger partial charge in [-0.2, -0.15) is 26.3 Å². The number of hydrogen-bond acceptors (Lipinski definition) is 1. The molecule has 1 unspecified atom stereocenters. The van der Waals surface area contributed by atoms with E-state index in [1.165, 1.54) is 25.3 Å². The molecule has 220 valence electrons. The van der Waals surface area contributed by atoms with Crippen LogP contribution in [0.15, 0.2) is 90.2 Å². The van der Waals surface area contributed by atoms with Gasteiger partial charge in [0, 0.05) is 18.7 Å². The summed E-state index contributed by atoms with van der Waals surface area (Å²) in [5, 5.41) is 0.172. The second-order valence-corrected chi connectivity index (χ2v) is 9.95. The number of nitrogens with zero attached hydrogens (tertiary/aromatic N) is 1. The summed E-state index contributed by atoms with van der Waals surface area (Å²) in [6, 6.07) is 13.4. The topological polar surface area (TPSA) is 12.9 Å². The highest BCUT2D eigenvalue weighted by molar-refractivity contribution is 6.30. The number of alkyl halides is 8. The lowest BCUT2D eigenvalue weighted by Crippen LogP contribution is -2.35. The van der Waals surface area contributed by atoms with Crippen LogP contribution in [0, 0.1) is 5.82 Å². The zero-order valence-corrected chi connectivity index (χ0v) is 22.6. The molecule has 1 atom stereocenters. The van der Waals surface area contributed by atoms with Crippen molar-refractivity contribution in [1.29, 1.82) is 0 Å². The Balaban J connectivity index is 2.49. The first-order valence-electron chi connectivity index (χ1n) is 12.4. The molecule has 0 fully saturated rings. The van der Waals surface area contributed by atoms with E-state index >= 15 is 0 Å². The predicted molar refractivity (Wildman–Crippen MR) is 139 cm³/mol. The minimum atomic E-state index is -5.10. The van der Waals surface area contributed by atoms with Crippen molar-refractivity contribution in [3.63, 3.8) is 0 Å². The zero-order valence-electron chi connectivity index (χ0n) is 21.9. The molecule has 0 radical (unpaired) electrons. The number of halogens is 10. The van der Waals surface area contributed by atoms with Gasteiger partial charge in [0.1, 0.15) is 5.82 Å². The molecule has 11 heteroatoms. The average Bonchev–Trinajstić information content (AvgIpc) is 2.87. The maximum Gasteiger partial charge on any atom is 0.419 e. The van der Waals surface area contributed by atoms with Crippen molar-refractivity contribution >= 4 is 11.6 Å². The fourth-order valence-corrected chi connectivity index (χ4v) is 4.76. The minimum absolute atomic E-state index is 0.0332. The number of rotatable bonds is 9. The Kier molecular flexibility index (Phi) is 9.68. The van der Waals surface area contributed by atoms with Crippen molar-refractivity contribution in [2.75, 3.05) is 0 Å². The predicted octanol–water partition coefficient (Wildman–Crippen LogP) is 10.3. The van der Waals surface area contributed by atoms with Gasteiger partial charge >= 0.3 is 12.4 Å². The Morgan fingerprint density at radius 3 is 2.07 bits per heavy atom. The van der Waals surface area contributed by atoms with Gasteiger partial charge in [-0.15, -0.1) is 0 Å². The van der Waals surface area contributed by atoms with E-state index < -0.39 is 47.1 Å². The van der Waals surface area contributed by atoms with Crippen LogP contribution < -0.4 is 0 Å². The summed E-state index contributed by atoms with van der Waals surface area (Å²) in [6.07, 6.45) is -9.33. The number of hydrogen-bond donors (Lipinski definition) is 0. The summed E-state index contributed by atoms with van der Waals surface area (Å²) in [6.45, 7) is 1.96. The van der Waals surface area contributed by atoms with Gasteiger partial charge in [0.2, 0.25) is 0 Å². The average molecular weight is 606 g/mol. The highest BCUT2D eigenvalue weighted by Crippen LogP contribution is 2.46. The van der Waals surface area contributed by atoms with Crippen molar-refractivity contribution < 1.29 is 39.5 Å². The summed E-state index contributed by atoms with van der Waals surface area (Å²) < 4.78 is 124. The third kappa shape index (κ3) is 7.93. The molecule has 2 aromatic carbocycles. The minimum Gasteiger partial charge on any atom is -0.258 e. The van der Waals surface area contributed by atoms with Crippen LogP contribution in [0.2, 0.25) is 5.02 Å². The highest BCUT2D eigenvalue weighted by atomic mass is 35.5. The molecular weight excluding hydrogens is 581 g/mol. The van der Waals surface area contributed by atoms with Gasteiger partial charge in [-0.25, -0.2) is 13.2 Å². The van der Waals surface area contributed by atoms with E-state index in [0.717, 1.165) is 12.1 Å². The molecule has 3 aromatic rings. The van der Waals surface area contributed by atoms with E-state index in [1.54, 1.807) is 30.3 Å². The molecular formula is C30H25ClF9N. The summed E-state index contributed by atoms with van der Waals surface area (Å²) in [5.74, 6) is -5.29. The van der Waals surface area contributed by atoms with Crippen LogP contribution in [0.3, 0.4) is 0 Å². The number of benzene rings is 2. The fourth-order valence-electron chi connectivity index (χ4n) is 4.65. The largest absolute Gasteiger partial charge is 0.419 e. The summed E-state index contributed by atoms with van der Waals surface area (Å²) in [5.41, 5.74) is -3.81. The zero-order chi connectivity index (χ0) is 30.6. The van der Waals surface area contributed by atoms with Gasteiger partial charge in [0.05, 0.1) is 28.1 Å². The molecule has 1 nitrogen and oxygen atoms in total. The molecule has 0 aliphatic carbocycles. The Labute approximate surface area is 236 Å². The second-order valence-electron chi connectivity index (χ2n) is 9.51. The van der Waals surface area contributed by atoms with Crippen LogP contribution >= 0.6 is 11.6 Å². The Morgan fingerprint density at radius 2 is 1.56 bits per heavy atom. The van der Waals surface area contributed by atoms with Crippen molar-refractivity contribution in [3.05, 3.63) is 123 Å². The SMILES string of the molecule is CC/C(=C\C(=C/CC(F)(F)F)C(C)(F)F)C(Cc1ccccc1)(c1ccc(F)c(C(F)(F)F)c1)c1ccc(Cl)cn1. The lowest BCUT2D eigenvalue weighted by molar-refractivity contribution is -0.140. The molecule has 0 saturated carbocycles. The van der Waals surface area contributed by atoms with Gasteiger partial charge in [-0.1, -0.05) is 72.6 Å². The molecule has 1 aromatic heterocycles. The fraction of sp³-hybridized carbons (Fsp3) is 0.300. The van der Waals surface area contributed by atoms with E-state index in [4.69, 9.17) is 11.6 Å². The van der Waals surface area contributed by atoms with Gasteiger partial charge in [-0.3, -0.25) is 4.98 Å². The van der Waals surface area contributed by atoms with E-state index in [2.05, 4.69) is 4.98 Å². The lowest BCUT2D eigenvalue weighted by atomic mass is 9.66. The monoisotopic (exact) mass is 605 g/mol. The maximum atomic E-state index is 14.7. The number of pyridine rings is 1. The first kappa shape index (κ1) is 32.2. The highest BCUT2D eigenvalue weighted by Gasteiger charge is 2.43. The quantitative estimate of drug-likeness (QED) is 0.175. The summed E-state index contributed by atoms with van der Waals surface area (Å²) >= 11 is 6.03. The molecule has 3 rings (SSSR count). The van der Waals surface area contributed by atoms with Crippen molar-refractivity contribution in [2.45, 2.75) is 56.8 Å². The Bertz CT molecular complexity index is 1390. The molecule has 0 aliphatic heterocycles. The smallest absolute Gasteiger partial charge is 0.258 e. The summed E-state index contributed by atoms with van der Waals surface area (Å²) in [7, 11) is 0. The van der Waals surface area contributed by atoms with Crippen LogP contribution in [0.25, 0.3) is 0 Å². The van der Waals surface area contributed by atoms with Crippen molar-refractivity contribution in [1.82, 2.24) is 4.98 Å². The standard InChI is InChI=1S/C30H25ClF9N/c1-3-20(15-21(27(2,33)34)13-14-29(35,36)37)28(17-19-7-5-4-6-8-19,26-12-10-23(31)18-41-26)22-9-11-25(32)24(16-22)30(38,39)40/h4-13,15-16,18H,3,14,17H2,1-2H3/b20-15+,21-13+. The van der Waals surface area contributed by atoms with Gasteiger partial charge in [-0.05, 0) is 48.2 Å². The molecule has 0 saturated heterocycles. The molecule has 1 heterocycles. The summed E-state index contributed by atoms with van der Waals surface area (Å²) in [4.78, 5) is 4.33. The van der Waals surface area contributed by atoms with Crippen LogP contribution in [0.5, 0.6) is 0 Å². The van der Waals surface area contributed by atoms with E-state index in [0.29, 0.717) is 30.7 Å². The van der Waals surface area contributed by atoms with Crippen LogP contribution in [-0.4, -0.2) is 17.1 Å². The van der Waals surface area contributed by atoms with Gasteiger partial charge in [0.15, 0.2) is 0 Å². The van der Waals surface area contributed by atoms with E-state index in [1.807, 2.05) is 0 Å². The van der Waals surface area contributed by atoms with Crippen molar-refractivity contribution in [3.8, 4) is 0 Å². The molecule has 0 aliphatic rings. The molecule has 0 spiro atoms. The Hall–Kier alpha value is -3.27. The van der Waals surface area contributed by atoms with Crippen LogP contribution in [0.1, 0.15) is 49.1 Å². The van der Waals surface area contributed by atoms with E-state index in [9.17, 15) is 39.5 Å². The first-order valence-corrected chi connectivity index (χ1v) is 12.7. The van der Waals surface area contributed by atoms with E-state index in [-0.39, 0.29) is 34.7 Å². The number of aromatic nitrogens is 1. The normalized spacial score (nSPS) is 15.1. The van der Waals surface area contributed by atoms with Crippen LogP contribution in [-0.2, 0) is 18.0 Å². The lowest BCUT2D eigenvalue weighted by Gasteiger charge is -2.38. The van der Waals surface area contributed by atoms with Gasteiger partial charge in [0.25, 0.3) is 5.92 Å². The number of allylic oxidation sites excluding steroid dienone is 4. The Morgan fingerprint density at radius 1 is 0.902 bits per heavy atom. The second kappa shape index (κ2) is 12.3. The molecule has 41 heavy (non-hydrogen) atoms. The first-order chi connectivity index (χ1) is 19.0. The molecule has 0 N–H and O–H groups in total. The van der Waals surface area contributed by atoms with Gasteiger partial charge < -0.3 is 0 Å². The van der Waals surface area contributed by atoms with Crippen molar-refractivity contribution in [2.24, 2.45) is 0 Å². The molecule has 0 bridgehead atoms.